The standard InChI is InChI=1S/C15H21F3N2/c1-14(2,3)20-8-10-4-5-11(10)12-9-19-7-6-13(12)15(16,17)18/h6-7,9-11,20H,4-5,8H2,1-3H3. The molecule has 2 nitrogen and oxygen atoms in total. The van der Waals surface area contributed by atoms with E-state index >= 15 is 0 Å². The third-order valence-electron chi connectivity index (χ3n) is 3.87. The smallest absolute Gasteiger partial charge is 0.312 e. The van der Waals surface area contributed by atoms with Crippen LogP contribution in [0.1, 0.15) is 50.7 Å². The Morgan fingerprint density at radius 3 is 2.45 bits per heavy atom. The quantitative estimate of drug-likeness (QED) is 0.909. The van der Waals surface area contributed by atoms with Crippen LogP contribution in [0.5, 0.6) is 0 Å². The molecule has 0 bridgehead atoms. The molecule has 1 aromatic heterocycles. The first-order chi connectivity index (χ1) is 9.18. The number of rotatable bonds is 3. The molecule has 0 saturated heterocycles. The van der Waals surface area contributed by atoms with Gasteiger partial charge < -0.3 is 5.32 Å². The van der Waals surface area contributed by atoms with Crippen molar-refractivity contribution in [2.45, 2.75) is 51.2 Å². The summed E-state index contributed by atoms with van der Waals surface area (Å²) in [6, 6.07) is 1.09. The number of hydrogen-bond acceptors (Lipinski definition) is 2. The second-order valence-corrected chi connectivity index (χ2v) is 6.54. The summed E-state index contributed by atoms with van der Waals surface area (Å²) in [7, 11) is 0. The average Bonchev–Trinajstić information content (AvgIpc) is 2.25. The Balaban J connectivity index is 2.13. The molecule has 1 fully saturated rings. The van der Waals surface area contributed by atoms with E-state index < -0.39 is 11.7 Å². The molecule has 1 aromatic rings. The Labute approximate surface area is 117 Å². The van der Waals surface area contributed by atoms with Crippen LogP contribution < -0.4 is 5.32 Å². The maximum Gasteiger partial charge on any atom is 0.416 e. The van der Waals surface area contributed by atoms with Crippen molar-refractivity contribution in [1.29, 1.82) is 0 Å². The van der Waals surface area contributed by atoms with Crippen LogP contribution in [-0.4, -0.2) is 17.1 Å². The first kappa shape index (κ1) is 15.3. The van der Waals surface area contributed by atoms with E-state index in [4.69, 9.17) is 0 Å². The minimum Gasteiger partial charge on any atom is -0.312 e. The van der Waals surface area contributed by atoms with Crippen molar-refractivity contribution in [2.24, 2.45) is 5.92 Å². The molecule has 1 aliphatic rings. The summed E-state index contributed by atoms with van der Waals surface area (Å²) in [6.07, 6.45) is 0.0885. The summed E-state index contributed by atoms with van der Waals surface area (Å²) >= 11 is 0. The number of alkyl halides is 3. The van der Waals surface area contributed by atoms with Crippen molar-refractivity contribution in [3.05, 3.63) is 29.6 Å². The highest BCUT2D eigenvalue weighted by atomic mass is 19.4. The summed E-state index contributed by atoms with van der Waals surface area (Å²) in [5, 5.41) is 3.38. The van der Waals surface area contributed by atoms with Crippen LogP contribution in [0.25, 0.3) is 0 Å². The molecule has 0 spiro atoms. The van der Waals surface area contributed by atoms with E-state index in [1.54, 1.807) is 0 Å². The summed E-state index contributed by atoms with van der Waals surface area (Å²) in [5.41, 5.74) is -0.188. The topological polar surface area (TPSA) is 24.9 Å². The molecular formula is C15H21F3N2. The third-order valence-corrected chi connectivity index (χ3v) is 3.87. The molecule has 1 saturated carbocycles. The molecule has 2 unspecified atom stereocenters. The van der Waals surface area contributed by atoms with E-state index in [0.29, 0.717) is 5.56 Å². The van der Waals surface area contributed by atoms with Gasteiger partial charge in [-0.25, -0.2) is 0 Å². The lowest BCUT2D eigenvalue weighted by Crippen LogP contribution is -2.43. The molecule has 1 heterocycles. The van der Waals surface area contributed by atoms with Crippen LogP contribution in [0.15, 0.2) is 18.5 Å². The number of halogens is 3. The molecule has 0 amide bonds. The number of pyridine rings is 1. The van der Waals surface area contributed by atoms with Crippen LogP contribution in [0.2, 0.25) is 0 Å². The summed E-state index contributed by atoms with van der Waals surface area (Å²) < 4.78 is 39.1. The Morgan fingerprint density at radius 2 is 1.95 bits per heavy atom. The fourth-order valence-electron chi connectivity index (χ4n) is 2.62. The number of nitrogens with one attached hydrogen (secondary N) is 1. The van der Waals surface area contributed by atoms with Gasteiger partial charge in [-0.2, -0.15) is 13.2 Å². The predicted molar refractivity (Wildman–Crippen MR) is 72.5 cm³/mol. The van der Waals surface area contributed by atoms with Crippen LogP contribution >= 0.6 is 0 Å². The molecule has 0 aromatic carbocycles. The van der Waals surface area contributed by atoms with Crippen molar-refractivity contribution in [1.82, 2.24) is 10.3 Å². The highest BCUT2D eigenvalue weighted by Crippen LogP contribution is 2.46. The van der Waals surface area contributed by atoms with Gasteiger partial charge in [-0.05, 0) is 63.6 Å². The van der Waals surface area contributed by atoms with Gasteiger partial charge in [0.2, 0.25) is 0 Å². The van der Waals surface area contributed by atoms with E-state index in [1.165, 1.54) is 12.4 Å². The van der Waals surface area contributed by atoms with Crippen molar-refractivity contribution < 1.29 is 13.2 Å². The number of aromatic nitrogens is 1. The van der Waals surface area contributed by atoms with E-state index in [-0.39, 0.29) is 17.4 Å². The van der Waals surface area contributed by atoms with E-state index in [9.17, 15) is 13.2 Å². The lowest BCUT2D eigenvalue weighted by molar-refractivity contribution is -0.138. The summed E-state index contributed by atoms with van der Waals surface area (Å²) in [4.78, 5) is 3.88. The second kappa shape index (κ2) is 5.35. The highest BCUT2D eigenvalue weighted by Gasteiger charge is 2.40. The Kier molecular flexibility index (Phi) is 4.09. The fraction of sp³-hybridized carbons (Fsp3) is 0.667. The normalized spacial score (nSPS) is 23.5. The Morgan fingerprint density at radius 1 is 1.25 bits per heavy atom. The van der Waals surface area contributed by atoms with Gasteiger partial charge in [-0.3, -0.25) is 4.98 Å². The lowest BCUT2D eigenvalue weighted by atomic mass is 9.69. The minimum absolute atomic E-state index is 0.0120. The van der Waals surface area contributed by atoms with Gasteiger partial charge in [0.1, 0.15) is 0 Å². The first-order valence-corrected chi connectivity index (χ1v) is 6.94. The fourth-order valence-corrected chi connectivity index (χ4v) is 2.62. The van der Waals surface area contributed by atoms with Crippen molar-refractivity contribution in [3.8, 4) is 0 Å². The summed E-state index contributed by atoms with van der Waals surface area (Å²) in [5.74, 6) is 0.231. The lowest BCUT2D eigenvalue weighted by Gasteiger charge is -2.39. The van der Waals surface area contributed by atoms with Crippen LogP contribution in [0.3, 0.4) is 0 Å². The Hall–Kier alpha value is -1.10. The van der Waals surface area contributed by atoms with Gasteiger partial charge in [-0.15, -0.1) is 0 Å². The van der Waals surface area contributed by atoms with Crippen molar-refractivity contribution in [2.75, 3.05) is 6.54 Å². The van der Waals surface area contributed by atoms with Gasteiger partial charge >= 0.3 is 6.18 Å². The molecule has 2 atom stereocenters. The van der Waals surface area contributed by atoms with Crippen molar-refractivity contribution in [3.63, 3.8) is 0 Å². The Bertz CT molecular complexity index is 463. The molecule has 0 radical (unpaired) electrons. The maximum atomic E-state index is 13.0. The third kappa shape index (κ3) is 3.51. The van der Waals surface area contributed by atoms with E-state index in [2.05, 4.69) is 31.1 Å². The zero-order valence-electron chi connectivity index (χ0n) is 12.1. The molecule has 5 heteroatoms. The monoisotopic (exact) mass is 286 g/mol. The average molecular weight is 286 g/mol. The van der Waals surface area contributed by atoms with Gasteiger partial charge in [0.25, 0.3) is 0 Å². The molecule has 112 valence electrons. The number of nitrogens with zero attached hydrogens (tertiary/aromatic N) is 1. The van der Waals surface area contributed by atoms with Crippen LogP contribution in [-0.2, 0) is 6.18 Å². The SMILES string of the molecule is CC(C)(C)NCC1CCC1c1cnccc1C(F)(F)F. The highest BCUT2D eigenvalue weighted by molar-refractivity contribution is 5.31. The molecular weight excluding hydrogens is 265 g/mol. The van der Waals surface area contributed by atoms with E-state index in [1.807, 2.05) is 0 Å². The zero-order valence-corrected chi connectivity index (χ0v) is 12.1. The first-order valence-electron chi connectivity index (χ1n) is 6.94. The number of hydrogen-bond donors (Lipinski definition) is 1. The predicted octanol–water partition coefficient (Wildman–Crippen LogP) is 3.98. The summed E-state index contributed by atoms with van der Waals surface area (Å²) in [6.45, 7) is 6.93. The molecule has 0 aliphatic heterocycles. The minimum atomic E-state index is -4.30. The van der Waals surface area contributed by atoms with Crippen LogP contribution in [0.4, 0.5) is 13.2 Å². The second-order valence-electron chi connectivity index (χ2n) is 6.54. The molecule has 20 heavy (non-hydrogen) atoms. The zero-order chi connectivity index (χ0) is 15.0. The van der Waals surface area contributed by atoms with Crippen molar-refractivity contribution >= 4 is 0 Å². The molecule has 1 N–H and O–H groups in total. The van der Waals surface area contributed by atoms with Crippen LogP contribution in [0, 0.1) is 5.92 Å². The van der Waals surface area contributed by atoms with Gasteiger partial charge in [-0.1, -0.05) is 0 Å². The van der Waals surface area contributed by atoms with Gasteiger partial charge in [0.15, 0.2) is 0 Å². The van der Waals surface area contributed by atoms with E-state index in [0.717, 1.165) is 25.5 Å². The van der Waals surface area contributed by atoms with Gasteiger partial charge in [0.05, 0.1) is 5.56 Å². The largest absolute Gasteiger partial charge is 0.416 e. The molecule has 1 aliphatic carbocycles. The van der Waals surface area contributed by atoms with Gasteiger partial charge in [0, 0.05) is 17.9 Å². The maximum absolute atomic E-state index is 13.0. The molecule has 2 rings (SSSR count).